The molecule has 3 aromatic rings. The number of nitrogens with zero attached hydrogens (tertiary/aromatic N) is 3. The number of benzene rings is 2. The van der Waals surface area contributed by atoms with Crippen molar-refractivity contribution in [1.82, 2.24) is 14.7 Å². The lowest BCUT2D eigenvalue weighted by molar-refractivity contribution is 0.0185. The van der Waals surface area contributed by atoms with Crippen molar-refractivity contribution in [2.75, 3.05) is 26.3 Å². The van der Waals surface area contributed by atoms with Gasteiger partial charge in [0.25, 0.3) is 0 Å². The minimum absolute atomic E-state index is 0.154. The first-order valence-corrected chi connectivity index (χ1v) is 12.5. The van der Waals surface area contributed by atoms with Crippen LogP contribution in [0.3, 0.4) is 0 Å². The molecule has 1 atom stereocenters. The van der Waals surface area contributed by atoms with Crippen molar-refractivity contribution >= 4 is 0 Å². The molecular formula is C28H36FN3O3. The molecule has 35 heavy (non-hydrogen) atoms. The van der Waals surface area contributed by atoms with E-state index in [1.165, 1.54) is 25.0 Å². The highest BCUT2D eigenvalue weighted by Crippen LogP contribution is 2.36. The van der Waals surface area contributed by atoms with E-state index in [0.29, 0.717) is 43.9 Å². The molecule has 7 heteroatoms. The van der Waals surface area contributed by atoms with Gasteiger partial charge in [0.1, 0.15) is 11.6 Å². The fourth-order valence-corrected chi connectivity index (χ4v) is 4.25. The van der Waals surface area contributed by atoms with Gasteiger partial charge < -0.3 is 14.6 Å². The zero-order valence-corrected chi connectivity index (χ0v) is 20.9. The normalized spacial score (nSPS) is 14.6. The third-order valence-corrected chi connectivity index (χ3v) is 6.10. The molecule has 0 bridgehead atoms. The van der Waals surface area contributed by atoms with Gasteiger partial charge in [-0.3, -0.25) is 4.90 Å². The molecule has 4 rings (SSSR count). The lowest BCUT2D eigenvalue weighted by Gasteiger charge is -2.26. The van der Waals surface area contributed by atoms with Gasteiger partial charge in [-0.15, -0.1) is 0 Å². The van der Waals surface area contributed by atoms with Crippen LogP contribution < -0.4 is 4.74 Å². The van der Waals surface area contributed by atoms with Gasteiger partial charge in [-0.25, -0.2) is 9.07 Å². The molecule has 0 spiro atoms. The Labute approximate surface area is 207 Å². The predicted molar refractivity (Wildman–Crippen MR) is 135 cm³/mol. The van der Waals surface area contributed by atoms with Crippen LogP contribution in [0.25, 0.3) is 5.69 Å². The summed E-state index contributed by atoms with van der Waals surface area (Å²) in [6.07, 6.45) is 1.85. The molecular weight excluding hydrogens is 445 g/mol. The number of hydrogen-bond acceptors (Lipinski definition) is 5. The largest absolute Gasteiger partial charge is 0.438 e. The van der Waals surface area contributed by atoms with Crippen molar-refractivity contribution in [2.24, 2.45) is 5.92 Å². The topological polar surface area (TPSA) is 59.8 Å². The molecule has 0 aliphatic heterocycles. The maximum Gasteiger partial charge on any atom is 0.227 e. The van der Waals surface area contributed by atoms with Crippen molar-refractivity contribution < 1.29 is 19.0 Å². The summed E-state index contributed by atoms with van der Waals surface area (Å²) in [5, 5.41) is 15.6. The van der Waals surface area contributed by atoms with E-state index in [0.717, 1.165) is 23.5 Å². The minimum atomic E-state index is -0.576. The van der Waals surface area contributed by atoms with E-state index >= 15 is 0 Å². The van der Waals surface area contributed by atoms with Crippen molar-refractivity contribution in [3.63, 3.8) is 0 Å². The van der Waals surface area contributed by atoms with Gasteiger partial charge in [0.15, 0.2) is 0 Å². The molecule has 1 aromatic heterocycles. The summed E-state index contributed by atoms with van der Waals surface area (Å²) in [5.74, 6) is 1.44. The Bertz CT molecular complexity index is 1080. The molecule has 2 aromatic carbocycles. The monoisotopic (exact) mass is 481 g/mol. The summed E-state index contributed by atoms with van der Waals surface area (Å²) in [6, 6.07) is 16.0. The second-order valence-electron chi connectivity index (χ2n) is 9.58. The van der Waals surface area contributed by atoms with Crippen LogP contribution >= 0.6 is 0 Å². The number of hydrogen-bond donors (Lipinski definition) is 1. The summed E-state index contributed by atoms with van der Waals surface area (Å²) < 4.78 is 27.6. The van der Waals surface area contributed by atoms with Crippen molar-refractivity contribution in [3.05, 3.63) is 71.7 Å². The van der Waals surface area contributed by atoms with E-state index < -0.39 is 6.10 Å². The molecule has 1 N–H and O–H groups in total. The van der Waals surface area contributed by atoms with E-state index in [4.69, 9.17) is 14.6 Å². The van der Waals surface area contributed by atoms with Gasteiger partial charge in [0, 0.05) is 32.3 Å². The van der Waals surface area contributed by atoms with Crippen LogP contribution in [0.5, 0.6) is 11.6 Å². The molecule has 0 radical (unpaired) electrons. The molecule has 1 saturated carbocycles. The van der Waals surface area contributed by atoms with Crippen LogP contribution in [-0.2, 0) is 11.3 Å². The predicted octanol–water partition coefficient (Wildman–Crippen LogP) is 5.54. The third-order valence-electron chi connectivity index (χ3n) is 6.10. The molecule has 0 unspecified atom stereocenters. The molecule has 6 nitrogen and oxygen atoms in total. The number of aromatic nitrogens is 2. The fraction of sp³-hybridized carbons (Fsp3) is 0.464. The molecule has 0 amide bonds. The van der Waals surface area contributed by atoms with Crippen molar-refractivity contribution in [2.45, 2.75) is 52.2 Å². The first-order valence-electron chi connectivity index (χ1n) is 12.5. The lowest BCUT2D eigenvalue weighted by Crippen LogP contribution is -2.36. The van der Waals surface area contributed by atoms with Crippen molar-refractivity contribution in [3.8, 4) is 17.3 Å². The van der Waals surface area contributed by atoms with Crippen LogP contribution in [0, 0.1) is 11.7 Å². The lowest BCUT2D eigenvalue weighted by atomic mass is 10.1. The summed E-state index contributed by atoms with van der Waals surface area (Å²) in [5.41, 5.74) is 2.76. The highest BCUT2D eigenvalue weighted by atomic mass is 19.1. The average molecular weight is 482 g/mol. The summed E-state index contributed by atoms with van der Waals surface area (Å²) >= 11 is 0. The first kappa shape index (κ1) is 25.4. The van der Waals surface area contributed by atoms with Crippen LogP contribution in [0.1, 0.15) is 50.8 Å². The van der Waals surface area contributed by atoms with Gasteiger partial charge in [-0.1, -0.05) is 38.1 Å². The van der Waals surface area contributed by atoms with Crippen LogP contribution in [0.2, 0.25) is 0 Å². The van der Waals surface area contributed by atoms with E-state index in [1.54, 1.807) is 12.1 Å². The Morgan fingerprint density at radius 3 is 2.57 bits per heavy atom. The van der Waals surface area contributed by atoms with Crippen LogP contribution in [-0.4, -0.2) is 52.2 Å². The number of rotatable bonds is 13. The van der Waals surface area contributed by atoms with E-state index in [2.05, 4.69) is 18.7 Å². The Kier molecular flexibility index (Phi) is 8.55. The number of aliphatic hydroxyl groups excluding tert-OH is 1. The molecule has 1 aliphatic carbocycles. The maximum atomic E-state index is 14.0. The standard InChI is InChI=1S/C28H36FN3O3/c1-4-34-19-24(33)17-31(16-21-13-14-21)18-26-27(20(2)3)30-32(23-10-6-5-7-11-23)28(26)35-25-12-8-9-22(29)15-25/h5-12,15,20-21,24,33H,4,13-14,16-19H2,1-3H3/t24-/m0/s1. The first-order chi connectivity index (χ1) is 16.9. The molecule has 1 aliphatic rings. The second-order valence-corrected chi connectivity index (χ2v) is 9.58. The third kappa shape index (κ3) is 6.90. The Morgan fingerprint density at radius 1 is 1.14 bits per heavy atom. The SMILES string of the molecule is CCOC[C@@H](O)CN(Cc1c(C(C)C)nn(-c2ccccc2)c1Oc1cccc(F)c1)CC1CC1. The summed E-state index contributed by atoms with van der Waals surface area (Å²) in [6.45, 7) is 9.02. The number of halogens is 1. The van der Waals surface area contributed by atoms with Gasteiger partial charge in [0.2, 0.25) is 5.88 Å². The number of para-hydroxylation sites is 1. The van der Waals surface area contributed by atoms with Crippen LogP contribution in [0.4, 0.5) is 4.39 Å². The van der Waals surface area contributed by atoms with Crippen LogP contribution in [0.15, 0.2) is 54.6 Å². The van der Waals surface area contributed by atoms with Crippen molar-refractivity contribution in [1.29, 1.82) is 0 Å². The smallest absolute Gasteiger partial charge is 0.227 e. The van der Waals surface area contributed by atoms with E-state index in [9.17, 15) is 9.50 Å². The number of ether oxygens (including phenoxy) is 2. The maximum absolute atomic E-state index is 14.0. The molecule has 0 saturated heterocycles. The molecule has 1 fully saturated rings. The molecule has 1 heterocycles. The average Bonchev–Trinajstić information content (AvgIpc) is 3.59. The second kappa shape index (κ2) is 11.8. The number of aliphatic hydroxyl groups is 1. The Hall–Kier alpha value is -2.74. The minimum Gasteiger partial charge on any atom is -0.438 e. The zero-order chi connectivity index (χ0) is 24.8. The highest BCUT2D eigenvalue weighted by Gasteiger charge is 2.29. The fourth-order valence-electron chi connectivity index (χ4n) is 4.25. The van der Waals surface area contributed by atoms with Gasteiger partial charge in [-0.2, -0.15) is 5.10 Å². The van der Waals surface area contributed by atoms with Gasteiger partial charge in [0.05, 0.1) is 29.7 Å². The molecule has 188 valence electrons. The highest BCUT2D eigenvalue weighted by molar-refractivity contribution is 5.44. The van der Waals surface area contributed by atoms with Gasteiger partial charge in [-0.05, 0) is 55.9 Å². The van der Waals surface area contributed by atoms with E-state index in [-0.39, 0.29) is 11.7 Å². The Morgan fingerprint density at radius 2 is 1.91 bits per heavy atom. The van der Waals surface area contributed by atoms with E-state index in [1.807, 2.05) is 41.9 Å². The quantitative estimate of drug-likeness (QED) is 0.348. The van der Waals surface area contributed by atoms with Gasteiger partial charge >= 0.3 is 0 Å². The Balaban J connectivity index is 1.73. The zero-order valence-electron chi connectivity index (χ0n) is 20.9. The summed E-state index contributed by atoms with van der Waals surface area (Å²) in [4.78, 5) is 2.28. The summed E-state index contributed by atoms with van der Waals surface area (Å²) in [7, 11) is 0.